The van der Waals surface area contributed by atoms with Gasteiger partial charge < -0.3 is 19.7 Å². The van der Waals surface area contributed by atoms with Crippen molar-refractivity contribution in [2.45, 2.75) is 38.9 Å². The number of likely N-dealkylation sites (N-methyl/N-ethyl adjacent to an activating group) is 1. The van der Waals surface area contributed by atoms with Crippen LogP contribution in [0.4, 0.5) is 0 Å². The van der Waals surface area contributed by atoms with Gasteiger partial charge in [-0.05, 0) is 64.0 Å². The van der Waals surface area contributed by atoms with Crippen LogP contribution in [0.3, 0.4) is 0 Å². The SMILES string of the molecule is CNCC(=Cc1cc(Cl)cc(C(=O)O)c1)B1OC(C)(C)C(C)(C)O1. The highest BCUT2D eigenvalue weighted by molar-refractivity contribution is 6.56. The fraction of sp³-hybridized carbons (Fsp3) is 0.471. The van der Waals surface area contributed by atoms with E-state index in [-0.39, 0.29) is 5.56 Å². The predicted molar refractivity (Wildman–Crippen MR) is 96.4 cm³/mol. The van der Waals surface area contributed by atoms with Crippen molar-refractivity contribution < 1.29 is 19.2 Å². The summed E-state index contributed by atoms with van der Waals surface area (Å²) in [6.07, 6.45) is 1.86. The van der Waals surface area contributed by atoms with Crippen LogP contribution in [-0.2, 0) is 9.31 Å². The summed E-state index contributed by atoms with van der Waals surface area (Å²) < 4.78 is 12.2. The van der Waals surface area contributed by atoms with Crippen molar-refractivity contribution in [1.29, 1.82) is 0 Å². The van der Waals surface area contributed by atoms with Crippen LogP contribution in [0.15, 0.2) is 23.7 Å². The Labute approximate surface area is 148 Å². The van der Waals surface area contributed by atoms with E-state index in [4.69, 9.17) is 20.9 Å². The van der Waals surface area contributed by atoms with Crippen molar-refractivity contribution in [2.24, 2.45) is 0 Å². The molecule has 1 aromatic rings. The minimum Gasteiger partial charge on any atom is -0.478 e. The number of carboxylic acid groups (broad SMARTS) is 1. The lowest BCUT2D eigenvalue weighted by molar-refractivity contribution is 0.00578. The number of nitrogens with one attached hydrogen (secondary N) is 1. The monoisotopic (exact) mass is 351 g/mol. The van der Waals surface area contributed by atoms with E-state index in [1.165, 1.54) is 6.07 Å². The standard InChI is InChI=1S/C17H23BClNO4/c1-16(2)17(3,4)24-18(23-16)13(10-20-5)7-11-6-12(15(21)22)9-14(19)8-11/h6-9,20H,10H2,1-5H3,(H,21,22). The summed E-state index contributed by atoms with van der Waals surface area (Å²) in [4.78, 5) is 11.2. The molecule has 2 rings (SSSR count). The average Bonchev–Trinajstić information content (AvgIpc) is 2.66. The van der Waals surface area contributed by atoms with Gasteiger partial charge in [0.2, 0.25) is 0 Å². The van der Waals surface area contributed by atoms with Gasteiger partial charge in [-0.2, -0.15) is 0 Å². The maximum atomic E-state index is 11.2. The molecule has 130 valence electrons. The summed E-state index contributed by atoms with van der Waals surface area (Å²) in [5.41, 5.74) is 0.830. The lowest BCUT2D eigenvalue weighted by atomic mass is 9.77. The normalized spacial score (nSPS) is 19.6. The Hall–Kier alpha value is -1.34. The summed E-state index contributed by atoms with van der Waals surface area (Å²) in [5.74, 6) is -1.02. The highest BCUT2D eigenvalue weighted by Gasteiger charge is 2.52. The number of carboxylic acids is 1. The topological polar surface area (TPSA) is 67.8 Å². The van der Waals surface area contributed by atoms with Crippen LogP contribution in [0.5, 0.6) is 0 Å². The van der Waals surface area contributed by atoms with E-state index in [1.54, 1.807) is 12.1 Å². The van der Waals surface area contributed by atoms with E-state index in [2.05, 4.69) is 5.32 Å². The number of carbonyl (C=O) groups is 1. The van der Waals surface area contributed by atoms with E-state index in [1.807, 2.05) is 40.8 Å². The second-order valence-electron chi connectivity index (χ2n) is 6.92. The molecule has 0 atom stereocenters. The summed E-state index contributed by atoms with van der Waals surface area (Å²) in [7, 11) is 1.33. The molecule has 7 heteroatoms. The van der Waals surface area contributed by atoms with Crippen molar-refractivity contribution in [1.82, 2.24) is 5.32 Å². The van der Waals surface area contributed by atoms with Gasteiger partial charge in [0.1, 0.15) is 0 Å². The third kappa shape index (κ3) is 4.01. The van der Waals surface area contributed by atoms with E-state index in [0.717, 1.165) is 5.47 Å². The maximum Gasteiger partial charge on any atom is 0.491 e. The van der Waals surface area contributed by atoms with Gasteiger partial charge in [-0.3, -0.25) is 0 Å². The summed E-state index contributed by atoms with van der Waals surface area (Å²) in [6.45, 7) is 8.52. The molecule has 0 radical (unpaired) electrons. The van der Waals surface area contributed by atoms with Gasteiger partial charge >= 0.3 is 13.1 Å². The van der Waals surface area contributed by atoms with E-state index < -0.39 is 24.3 Å². The Balaban J connectivity index is 2.38. The summed E-state index contributed by atoms with van der Waals surface area (Å²) in [5, 5.41) is 12.6. The molecular formula is C17H23BClNO4. The van der Waals surface area contributed by atoms with Gasteiger partial charge in [0.15, 0.2) is 0 Å². The van der Waals surface area contributed by atoms with Crippen molar-refractivity contribution in [3.63, 3.8) is 0 Å². The zero-order valence-electron chi connectivity index (χ0n) is 14.6. The Morgan fingerprint density at radius 2 is 1.83 bits per heavy atom. The largest absolute Gasteiger partial charge is 0.491 e. The molecule has 0 saturated carbocycles. The highest BCUT2D eigenvalue weighted by Crippen LogP contribution is 2.38. The molecule has 0 bridgehead atoms. The molecule has 0 aliphatic carbocycles. The van der Waals surface area contributed by atoms with E-state index >= 15 is 0 Å². The van der Waals surface area contributed by atoms with Crippen LogP contribution in [0.1, 0.15) is 43.6 Å². The van der Waals surface area contributed by atoms with Gasteiger partial charge in [-0.25, -0.2) is 4.79 Å². The molecule has 1 saturated heterocycles. The molecule has 0 aromatic heterocycles. The molecule has 2 N–H and O–H groups in total. The molecule has 0 spiro atoms. The van der Waals surface area contributed by atoms with E-state index in [0.29, 0.717) is 17.1 Å². The van der Waals surface area contributed by atoms with Crippen molar-refractivity contribution in [3.8, 4) is 0 Å². The van der Waals surface area contributed by atoms with Crippen LogP contribution in [-0.4, -0.2) is 43.0 Å². The van der Waals surface area contributed by atoms with Crippen LogP contribution in [0, 0.1) is 0 Å². The Morgan fingerprint density at radius 3 is 2.33 bits per heavy atom. The lowest BCUT2D eigenvalue weighted by Gasteiger charge is -2.32. The molecule has 1 fully saturated rings. The lowest BCUT2D eigenvalue weighted by Crippen LogP contribution is -2.41. The Bertz CT molecular complexity index is 657. The van der Waals surface area contributed by atoms with Crippen molar-refractivity contribution in [3.05, 3.63) is 39.8 Å². The molecule has 5 nitrogen and oxygen atoms in total. The minimum absolute atomic E-state index is 0.145. The van der Waals surface area contributed by atoms with Crippen LogP contribution in [0.25, 0.3) is 6.08 Å². The molecule has 1 aliphatic rings. The van der Waals surface area contributed by atoms with Gasteiger partial charge in [0.05, 0.1) is 16.8 Å². The number of hydrogen-bond acceptors (Lipinski definition) is 4. The molecule has 1 heterocycles. The first-order valence-corrected chi connectivity index (χ1v) is 8.18. The fourth-order valence-corrected chi connectivity index (χ4v) is 2.68. The second kappa shape index (κ2) is 6.88. The smallest absolute Gasteiger partial charge is 0.478 e. The average molecular weight is 352 g/mol. The van der Waals surface area contributed by atoms with Gasteiger partial charge in [0.25, 0.3) is 0 Å². The van der Waals surface area contributed by atoms with Gasteiger partial charge in [-0.15, -0.1) is 0 Å². The first kappa shape index (κ1) is 19.0. The van der Waals surface area contributed by atoms with Crippen molar-refractivity contribution >= 4 is 30.8 Å². The third-order valence-electron chi connectivity index (χ3n) is 4.46. The fourth-order valence-electron chi connectivity index (χ4n) is 2.43. The Morgan fingerprint density at radius 1 is 1.25 bits per heavy atom. The molecule has 24 heavy (non-hydrogen) atoms. The summed E-state index contributed by atoms with van der Waals surface area (Å²) in [6, 6.07) is 4.72. The zero-order valence-corrected chi connectivity index (χ0v) is 15.4. The number of halogens is 1. The van der Waals surface area contributed by atoms with Crippen LogP contribution >= 0.6 is 11.6 Å². The number of aromatic carboxylic acids is 1. The molecule has 1 aromatic carbocycles. The minimum atomic E-state index is -1.02. The van der Waals surface area contributed by atoms with Crippen LogP contribution in [0.2, 0.25) is 5.02 Å². The van der Waals surface area contributed by atoms with E-state index in [9.17, 15) is 9.90 Å². The third-order valence-corrected chi connectivity index (χ3v) is 4.67. The predicted octanol–water partition coefficient (Wildman–Crippen LogP) is 3.27. The van der Waals surface area contributed by atoms with Crippen molar-refractivity contribution in [2.75, 3.05) is 13.6 Å². The maximum absolute atomic E-state index is 11.2. The molecule has 0 unspecified atom stereocenters. The highest BCUT2D eigenvalue weighted by atomic mass is 35.5. The molecule has 0 amide bonds. The molecule has 1 aliphatic heterocycles. The summed E-state index contributed by atoms with van der Waals surface area (Å²) >= 11 is 6.03. The first-order valence-electron chi connectivity index (χ1n) is 7.80. The Kier molecular flexibility index (Phi) is 5.45. The zero-order chi connectivity index (χ0) is 18.1. The quantitative estimate of drug-likeness (QED) is 0.797. The second-order valence-corrected chi connectivity index (χ2v) is 7.35. The van der Waals surface area contributed by atoms with Crippen LogP contribution < -0.4 is 5.32 Å². The number of benzene rings is 1. The van der Waals surface area contributed by atoms with Gasteiger partial charge in [0, 0.05) is 11.6 Å². The first-order chi connectivity index (χ1) is 11.1. The number of hydrogen-bond donors (Lipinski definition) is 2. The van der Waals surface area contributed by atoms with Gasteiger partial charge in [-0.1, -0.05) is 17.7 Å². The molecular weight excluding hydrogens is 328 g/mol. The number of rotatable bonds is 5.